The highest BCUT2D eigenvalue weighted by molar-refractivity contribution is 8.77. The molecule has 2 atom stereocenters. The second kappa shape index (κ2) is 33.3. The third kappa shape index (κ3) is 26.7. The van der Waals surface area contributed by atoms with Gasteiger partial charge in [-0.25, -0.2) is 9.59 Å². The van der Waals surface area contributed by atoms with E-state index in [2.05, 4.69) is 67.9 Å². The molecule has 0 aliphatic rings. The summed E-state index contributed by atoms with van der Waals surface area (Å²) in [5, 5.41) is 7.37. The molecule has 3 amide bonds. The van der Waals surface area contributed by atoms with Crippen LogP contribution in [0.4, 0.5) is 9.59 Å². The Balaban J connectivity index is 1.92. The number of carbonyl (C=O) groups is 6. The molecule has 17 heteroatoms. The zero-order valence-electron chi connectivity index (χ0n) is 39.9. The van der Waals surface area contributed by atoms with E-state index in [-0.39, 0.29) is 73.6 Å². The molecule has 15 nitrogen and oxygen atoms in total. The van der Waals surface area contributed by atoms with Crippen LogP contribution >= 0.6 is 21.6 Å². The summed E-state index contributed by atoms with van der Waals surface area (Å²) < 4.78 is 32.7. The first-order valence-corrected chi connectivity index (χ1v) is 24.8. The molecular formula is C49H71N3O12S2. The summed E-state index contributed by atoms with van der Waals surface area (Å²) in [6, 6.07) is 9.98. The van der Waals surface area contributed by atoms with Crippen LogP contribution in [-0.2, 0) is 41.6 Å². The van der Waals surface area contributed by atoms with Crippen molar-refractivity contribution in [2.24, 2.45) is 11.8 Å². The van der Waals surface area contributed by atoms with Crippen molar-refractivity contribution in [3.63, 3.8) is 0 Å². The van der Waals surface area contributed by atoms with E-state index in [9.17, 15) is 28.8 Å². The minimum atomic E-state index is -1.01. The van der Waals surface area contributed by atoms with E-state index in [1.165, 1.54) is 49.7 Å². The molecule has 0 heterocycles. The minimum absolute atomic E-state index is 0.0561. The monoisotopic (exact) mass is 957 g/mol. The summed E-state index contributed by atoms with van der Waals surface area (Å²) in [7, 11) is 5.38. The van der Waals surface area contributed by atoms with Crippen LogP contribution in [0.1, 0.15) is 110 Å². The van der Waals surface area contributed by atoms with Gasteiger partial charge in [0.1, 0.15) is 19.0 Å². The molecule has 2 aromatic rings. The van der Waals surface area contributed by atoms with Gasteiger partial charge in [-0.15, -0.1) is 0 Å². The van der Waals surface area contributed by atoms with Crippen LogP contribution in [0.3, 0.4) is 0 Å². The van der Waals surface area contributed by atoms with Crippen molar-refractivity contribution < 1.29 is 57.2 Å². The van der Waals surface area contributed by atoms with Crippen LogP contribution < -0.4 is 34.9 Å². The molecule has 3 N–H and O–H groups in total. The van der Waals surface area contributed by atoms with Gasteiger partial charge < -0.3 is 44.4 Å². The predicted molar refractivity (Wildman–Crippen MR) is 260 cm³/mol. The lowest BCUT2D eigenvalue weighted by Gasteiger charge is -2.21. The van der Waals surface area contributed by atoms with E-state index in [4.69, 9.17) is 28.4 Å². The number of benzene rings is 2. The SMILES string of the molecule is COc1cc(CCC(=O)CCCC/C=C/C(C)C)ccc1OC(=O)OCC(CNC(C)=O)SSC(CNC(C)=O)COC(=O)Oc1ccc(CNC(=O)CCCC/C=C/C(C)C)cc1OC. The van der Waals surface area contributed by atoms with Crippen LogP contribution in [0.5, 0.6) is 23.0 Å². The van der Waals surface area contributed by atoms with E-state index >= 15 is 0 Å². The number of allylic oxidation sites excluding steroid dienone is 4. The molecule has 0 aliphatic carbocycles. The quantitative estimate of drug-likeness (QED) is 0.0206. The number of amides is 3. The van der Waals surface area contributed by atoms with Crippen molar-refractivity contribution in [3.8, 4) is 23.0 Å². The van der Waals surface area contributed by atoms with E-state index < -0.39 is 22.8 Å². The maximum atomic E-state index is 12.9. The molecule has 366 valence electrons. The Bertz CT molecular complexity index is 1750. The number of hydrogen-bond acceptors (Lipinski definition) is 14. The van der Waals surface area contributed by atoms with Gasteiger partial charge in [0.2, 0.25) is 17.7 Å². The van der Waals surface area contributed by atoms with Gasteiger partial charge in [-0.2, -0.15) is 0 Å². The molecule has 0 radical (unpaired) electrons. The smallest absolute Gasteiger partial charge is 0.493 e. The highest BCUT2D eigenvalue weighted by Crippen LogP contribution is 2.33. The highest BCUT2D eigenvalue weighted by atomic mass is 33.1. The van der Waals surface area contributed by atoms with Gasteiger partial charge in [-0.05, 0) is 92.2 Å². The maximum Gasteiger partial charge on any atom is 0.514 e. The molecule has 2 unspecified atom stereocenters. The summed E-state index contributed by atoms with van der Waals surface area (Å²) in [4.78, 5) is 74.2. The first kappa shape index (κ1) is 57.0. The van der Waals surface area contributed by atoms with Crippen molar-refractivity contribution in [3.05, 3.63) is 71.8 Å². The Morgan fingerprint density at radius 3 is 1.53 bits per heavy atom. The van der Waals surface area contributed by atoms with Crippen LogP contribution in [0.25, 0.3) is 0 Å². The first-order chi connectivity index (χ1) is 31.6. The standard InChI is InChI=1S/C49H71N3O12S2/c1-34(2)17-13-9-11-15-19-40(55)24-21-38-22-25-43(45(27-38)59-7)63-48(57)61-32-41(30-50-36(5)53)65-66-42(31-51-37(6)54)33-62-49(58)64-44-26-23-39(28-46(44)60-8)29-52-47(56)20-16-12-10-14-18-35(3)4/h13-14,17-18,22-23,25-28,34-35,41-42H,9-12,15-16,19-21,24,29-33H2,1-8H3,(H,50,53)(H,51,54)(H,52,56)/b17-13+,18-14+. The van der Waals surface area contributed by atoms with Crippen molar-refractivity contribution in [2.45, 2.75) is 123 Å². The van der Waals surface area contributed by atoms with Crippen LogP contribution in [-0.4, -0.2) is 86.8 Å². The molecule has 2 aromatic carbocycles. The fraction of sp³-hybridized carbons (Fsp3) is 0.551. The third-order valence-corrected chi connectivity index (χ3v) is 12.7. The number of rotatable bonds is 32. The average molecular weight is 958 g/mol. The molecule has 0 aliphatic heterocycles. The van der Waals surface area contributed by atoms with E-state index in [1.807, 2.05) is 0 Å². The van der Waals surface area contributed by atoms with Gasteiger partial charge in [0.25, 0.3) is 0 Å². The summed E-state index contributed by atoms with van der Waals surface area (Å²) in [6.45, 7) is 11.4. The number of unbranched alkanes of at least 4 members (excludes halogenated alkanes) is 4. The number of ether oxygens (including phenoxy) is 6. The lowest BCUT2D eigenvalue weighted by molar-refractivity contribution is -0.121. The Morgan fingerprint density at radius 2 is 1.06 bits per heavy atom. The number of ketones is 1. The summed E-state index contributed by atoms with van der Waals surface area (Å²) in [5.74, 6) is 1.39. The predicted octanol–water partition coefficient (Wildman–Crippen LogP) is 9.49. The van der Waals surface area contributed by atoms with Gasteiger partial charge in [0, 0.05) is 52.7 Å². The number of carbonyl (C=O) groups excluding carboxylic acids is 6. The summed E-state index contributed by atoms with van der Waals surface area (Å²) in [5.41, 5.74) is 1.60. The maximum absolute atomic E-state index is 12.9. The van der Waals surface area contributed by atoms with Gasteiger partial charge in [-0.1, -0.05) is 85.7 Å². The average Bonchev–Trinajstić information content (AvgIpc) is 3.27. The Hall–Kier alpha value is -5.16. The van der Waals surface area contributed by atoms with Crippen molar-refractivity contribution in [1.29, 1.82) is 0 Å². The fourth-order valence-electron chi connectivity index (χ4n) is 5.90. The molecule has 66 heavy (non-hydrogen) atoms. The largest absolute Gasteiger partial charge is 0.514 e. The number of Topliss-reactive ketones (excluding diaryl/α,β-unsaturated/α-hetero) is 1. The van der Waals surface area contributed by atoms with Gasteiger partial charge in [0.05, 0.1) is 24.7 Å². The van der Waals surface area contributed by atoms with Crippen molar-refractivity contribution in [1.82, 2.24) is 16.0 Å². The van der Waals surface area contributed by atoms with E-state index in [0.717, 1.165) is 49.7 Å². The van der Waals surface area contributed by atoms with Gasteiger partial charge >= 0.3 is 12.3 Å². The molecule has 0 saturated carbocycles. The normalized spacial score (nSPS) is 12.2. The van der Waals surface area contributed by atoms with Gasteiger partial charge in [-0.3, -0.25) is 19.2 Å². The van der Waals surface area contributed by atoms with Crippen molar-refractivity contribution >= 4 is 57.4 Å². The summed E-state index contributed by atoms with van der Waals surface area (Å²) in [6.07, 6.45) is 14.0. The van der Waals surface area contributed by atoms with Crippen LogP contribution in [0, 0.1) is 11.8 Å². The number of nitrogens with one attached hydrogen (secondary N) is 3. The third-order valence-electron chi connectivity index (χ3n) is 9.43. The molecule has 0 fully saturated rings. The second-order valence-corrected chi connectivity index (χ2v) is 19.1. The van der Waals surface area contributed by atoms with E-state index in [0.29, 0.717) is 43.3 Å². The molecular weight excluding hydrogens is 887 g/mol. The first-order valence-electron chi connectivity index (χ1n) is 22.5. The van der Waals surface area contributed by atoms with Crippen molar-refractivity contribution in [2.75, 3.05) is 40.5 Å². The number of methoxy groups -OCH3 is 2. The highest BCUT2D eigenvalue weighted by Gasteiger charge is 2.22. The Kier molecular flexibility index (Phi) is 28.8. The lowest BCUT2D eigenvalue weighted by Crippen LogP contribution is -2.34. The molecule has 0 bridgehead atoms. The van der Waals surface area contributed by atoms with E-state index in [1.54, 1.807) is 36.4 Å². The van der Waals surface area contributed by atoms with Gasteiger partial charge in [0.15, 0.2) is 23.0 Å². The summed E-state index contributed by atoms with van der Waals surface area (Å²) >= 11 is 0. The number of hydrogen-bond donors (Lipinski definition) is 3. The zero-order chi connectivity index (χ0) is 48.7. The topological polar surface area (TPSA) is 194 Å². The van der Waals surface area contributed by atoms with Crippen LogP contribution in [0.2, 0.25) is 0 Å². The van der Waals surface area contributed by atoms with Crippen LogP contribution in [0.15, 0.2) is 60.7 Å². The Labute approximate surface area is 399 Å². The molecule has 0 saturated heterocycles. The lowest BCUT2D eigenvalue weighted by atomic mass is 10.0. The molecule has 0 aromatic heterocycles. The minimum Gasteiger partial charge on any atom is -0.493 e. The second-order valence-electron chi connectivity index (χ2n) is 16.3. The molecule has 0 spiro atoms. The zero-order valence-corrected chi connectivity index (χ0v) is 41.5. The molecule has 2 rings (SSSR count). The number of aryl methyl sites for hydroxylation is 1. The Morgan fingerprint density at radius 1 is 0.591 bits per heavy atom. The fourth-order valence-corrected chi connectivity index (χ4v) is 8.45.